The number of benzene rings is 9. The Balaban J connectivity index is 1.09. The molecule has 1 fully saturated rings. The molecule has 0 aromatic heterocycles. The molecule has 0 radical (unpaired) electrons. The Bertz CT molecular complexity index is 4460. The van der Waals surface area contributed by atoms with E-state index in [1.165, 1.54) is 140 Å². The second-order valence-electron chi connectivity index (χ2n) is 20.4. The first kappa shape index (κ1) is 33.9. The van der Waals surface area contributed by atoms with Crippen LogP contribution in [0.3, 0.4) is 0 Å². The van der Waals surface area contributed by atoms with E-state index >= 15 is 0 Å². The van der Waals surface area contributed by atoms with Gasteiger partial charge in [0, 0.05) is 12.1 Å². The van der Waals surface area contributed by atoms with Crippen LogP contribution in [0.2, 0.25) is 0 Å². The van der Waals surface area contributed by atoms with Gasteiger partial charge >= 0.3 is 0 Å². The minimum Gasteiger partial charge on any atom is -0.489 e. The molecule has 1 saturated heterocycles. The zero-order chi connectivity index (χ0) is 42.3. The molecule has 5 aliphatic rings. The molecular formula is C58H42N4O3. The Morgan fingerprint density at radius 3 is 1.51 bits per heavy atom. The SMILES string of the molecule is CN1CC23C4=c5ccc6c7ccc8c9ccc%10c%11ccc%12c%13c(c%14c%15c2c5c6c2c7c8c5c9c%10c(c%13%11)c%14c5c%152)C3(C=%12C=C4)C1c1ccc(OCCCN)c(OCCCN)c1OCCCN. The van der Waals surface area contributed by atoms with E-state index in [0.717, 1.165) is 30.7 Å². The Morgan fingerprint density at radius 2 is 0.923 bits per heavy atom. The van der Waals surface area contributed by atoms with Gasteiger partial charge in [-0.15, -0.1) is 0 Å². The van der Waals surface area contributed by atoms with Gasteiger partial charge in [0.05, 0.1) is 36.7 Å². The van der Waals surface area contributed by atoms with Crippen molar-refractivity contribution in [3.05, 3.63) is 99.9 Å². The van der Waals surface area contributed by atoms with Crippen LogP contribution in [0.5, 0.6) is 17.2 Å². The average Bonchev–Trinajstić information content (AvgIpc) is 4.17. The fourth-order valence-electron chi connectivity index (χ4n) is 16.6. The number of hydrogen-bond donors (Lipinski definition) is 3. The number of likely N-dealkylation sites (tertiary alicyclic amines) is 1. The number of likely N-dealkylation sites (N-methyl/N-ethyl adjacent to an activating group) is 1. The van der Waals surface area contributed by atoms with Gasteiger partial charge in [0.1, 0.15) is 0 Å². The Morgan fingerprint density at radius 1 is 0.477 bits per heavy atom. The molecule has 2 spiro atoms. The van der Waals surface area contributed by atoms with Crippen LogP contribution in [0.15, 0.2) is 72.8 Å². The number of ether oxygens (including phenoxy) is 3. The predicted octanol–water partition coefficient (Wildman–Crippen LogP) is 9.13. The summed E-state index contributed by atoms with van der Waals surface area (Å²) in [4.78, 5) is 2.70. The lowest BCUT2D eigenvalue weighted by atomic mass is 9.47. The van der Waals surface area contributed by atoms with Crippen LogP contribution in [-0.2, 0) is 10.8 Å². The van der Waals surface area contributed by atoms with Crippen LogP contribution in [0.4, 0.5) is 0 Å². The molecule has 7 heteroatoms. The van der Waals surface area contributed by atoms with Crippen molar-refractivity contribution in [3.63, 3.8) is 0 Å². The number of fused-ring (bicyclic) bond motifs is 3. The highest BCUT2D eigenvalue weighted by atomic mass is 16.5. The van der Waals surface area contributed by atoms with Crippen molar-refractivity contribution in [2.24, 2.45) is 17.2 Å². The molecule has 3 atom stereocenters. The van der Waals surface area contributed by atoms with Gasteiger partial charge < -0.3 is 31.4 Å². The molecule has 1 aliphatic heterocycles. The zero-order valence-corrected chi connectivity index (χ0v) is 36.0. The monoisotopic (exact) mass is 842 g/mol. The van der Waals surface area contributed by atoms with E-state index < -0.39 is 5.41 Å². The summed E-state index contributed by atoms with van der Waals surface area (Å²) in [6.45, 7) is 3.89. The fraction of sp³-hybridized carbons (Fsp3) is 0.241. The average molecular weight is 843 g/mol. The van der Waals surface area contributed by atoms with Gasteiger partial charge in [0.15, 0.2) is 11.5 Å². The summed E-state index contributed by atoms with van der Waals surface area (Å²) in [6.07, 6.45) is 7.28. The predicted molar refractivity (Wildman–Crippen MR) is 266 cm³/mol. The second kappa shape index (κ2) is 10.5. The van der Waals surface area contributed by atoms with Crippen molar-refractivity contribution >= 4 is 130 Å². The number of rotatable bonds is 13. The number of hydrogen-bond acceptors (Lipinski definition) is 7. The Labute approximate surface area is 370 Å². The van der Waals surface area contributed by atoms with Gasteiger partial charge in [-0.25, -0.2) is 0 Å². The molecule has 0 amide bonds. The van der Waals surface area contributed by atoms with Gasteiger partial charge in [-0.3, -0.25) is 4.90 Å². The van der Waals surface area contributed by atoms with Gasteiger partial charge in [-0.05, 0) is 209 Å². The minimum absolute atomic E-state index is 0.116. The van der Waals surface area contributed by atoms with Crippen molar-refractivity contribution in [2.45, 2.75) is 36.1 Å². The van der Waals surface area contributed by atoms with Crippen molar-refractivity contribution in [1.82, 2.24) is 4.90 Å². The van der Waals surface area contributed by atoms with Crippen molar-refractivity contribution in [2.75, 3.05) is 53.0 Å². The van der Waals surface area contributed by atoms with Crippen molar-refractivity contribution in [1.29, 1.82) is 0 Å². The molecule has 6 N–H and O–H groups in total. The number of allylic oxidation sites excluding steroid dienone is 2. The zero-order valence-electron chi connectivity index (χ0n) is 36.0. The Hall–Kier alpha value is -6.48. The maximum Gasteiger partial charge on any atom is 0.203 e. The van der Waals surface area contributed by atoms with Gasteiger partial charge in [0.25, 0.3) is 0 Å². The quantitative estimate of drug-likeness (QED) is 0.0785. The molecule has 13 aromatic rings. The lowest BCUT2D eigenvalue weighted by molar-refractivity contribution is 0.226. The molecule has 0 saturated carbocycles. The molecule has 1 heterocycles. The van der Waals surface area contributed by atoms with Gasteiger partial charge in [0.2, 0.25) is 5.75 Å². The fourth-order valence-corrected chi connectivity index (χ4v) is 16.6. The highest BCUT2D eigenvalue weighted by Crippen LogP contribution is 2.78. The second-order valence-corrected chi connectivity index (χ2v) is 20.4. The molecule has 3 unspecified atom stereocenters. The largest absolute Gasteiger partial charge is 0.489 e. The summed E-state index contributed by atoms with van der Waals surface area (Å²) in [5.41, 5.74) is 24.5. The summed E-state index contributed by atoms with van der Waals surface area (Å²) in [7, 11) is 2.38. The van der Waals surface area contributed by atoms with E-state index in [9.17, 15) is 0 Å². The summed E-state index contributed by atoms with van der Waals surface area (Å²) in [5.74, 6) is 2.10. The number of nitrogens with two attached hydrogens (primary N) is 3. The molecule has 18 rings (SSSR count). The third-order valence-corrected chi connectivity index (χ3v) is 18.1. The lowest BCUT2D eigenvalue weighted by Gasteiger charge is -2.52. The van der Waals surface area contributed by atoms with Gasteiger partial charge in [-0.2, -0.15) is 0 Å². The van der Waals surface area contributed by atoms with Crippen molar-refractivity contribution < 1.29 is 14.2 Å². The van der Waals surface area contributed by atoms with Crippen LogP contribution in [0.25, 0.3) is 130 Å². The summed E-state index contributed by atoms with van der Waals surface area (Å²) in [5, 5.41) is 35.2. The topological polar surface area (TPSA) is 109 Å². The first-order chi connectivity index (χ1) is 32.1. The summed E-state index contributed by atoms with van der Waals surface area (Å²) in [6, 6.07) is 24.2. The van der Waals surface area contributed by atoms with E-state index in [4.69, 9.17) is 31.4 Å². The molecule has 65 heavy (non-hydrogen) atoms. The van der Waals surface area contributed by atoms with Crippen LogP contribution >= 0.6 is 0 Å². The Kier molecular flexibility index (Phi) is 5.46. The minimum atomic E-state index is -0.491. The van der Waals surface area contributed by atoms with Crippen LogP contribution < -0.4 is 41.8 Å². The van der Waals surface area contributed by atoms with Crippen molar-refractivity contribution in [3.8, 4) is 17.2 Å². The maximum atomic E-state index is 7.09. The molecular weight excluding hydrogens is 801 g/mol. The summed E-state index contributed by atoms with van der Waals surface area (Å²) < 4.78 is 20.4. The molecule has 4 aliphatic carbocycles. The van der Waals surface area contributed by atoms with E-state index in [1.54, 1.807) is 11.1 Å². The molecule has 13 aromatic carbocycles. The van der Waals surface area contributed by atoms with E-state index in [0.29, 0.717) is 57.4 Å². The highest BCUT2D eigenvalue weighted by molar-refractivity contribution is 6.64. The van der Waals surface area contributed by atoms with E-state index in [-0.39, 0.29) is 11.5 Å². The van der Waals surface area contributed by atoms with Gasteiger partial charge in [-0.1, -0.05) is 60.7 Å². The third-order valence-electron chi connectivity index (χ3n) is 18.1. The smallest absolute Gasteiger partial charge is 0.203 e. The first-order valence-electron chi connectivity index (χ1n) is 23.9. The molecule has 7 nitrogen and oxygen atoms in total. The van der Waals surface area contributed by atoms with E-state index in [1.807, 2.05) is 0 Å². The van der Waals surface area contributed by atoms with Crippen LogP contribution in [0, 0.1) is 0 Å². The molecule has 0 bridgehead atoms. The van der Waals surface area contributed by atoms with E-state index in [2.05, 4.69) is 84.8 Å². The molecule has 312 valence electrons. The standard InChI is InChI=1S/C58H42N4O3/c1-62-23-57-33-14-15-34-31-12-10-29-27-8-6-25-24-5-7-26-28-9-11-30(33)42-40(28)45-38(26)36(24)44-37(25)39(27)46-41(29)43(31)53(51-49(46)47(44)48(45)50(51)52(42)57)58(34,57)56(62)32-13-16-35(63-20-2-17-59)55(65-22-4-19-61)54(32)64-21-3-18-60/h5-16,56H,2-4,17-23,59-61H2,1H3. The lowest BCUT2D eigenvalue weighted by Crippen LogP contribution is -2.52. The summed E-state index contributed by atoms with van der Waals surface area (Å²) >= 11 is 0. The maximum absolute atomic E-state index is 7.09. The van der Waals surface area contributed by atoms with Crippen LogP contribution in [-0.4, -0.2) is 57.9 Å². The third kappa shape index (κ3) is 3.01. The highest BCUT2D eigenvalue weighted by Gasteiger charge is 2.74. The normalized spacial score (nSPS) is 22.1. The first-order valence-corrected chi connectivity index (χ1v) is 23.9. The number of nitrogens with zero attached hydrogens (tertiary/aromatic N) is 1. The van der Waals surface area contributed by atoms with Crippen LogP contribution in [0.1, 0.15) is 42.0 Å².